The Morgan fingerprint density at radius 1 is 1.09 bits per heavy atom. The van der Waals surface area contributed by atoms with Gasteiger partial charge in [-0.25, -0.2) is 4.99 Å². The summed E-state index contributed by atoms with van der Waals surface area (Å²) >= 11 is 0. The quantitative estimate of drug-likeness (QED) is 0.304. The van der Waals surface area contributed by atoms with Crippen LogP contribution < -0.4 is 16.6 Å². The third-order valence-electron chi connectivity index (χ3n) is 4.27. The first-order chi connectivity index (χ1) is 15.4. The molecule has 0 aliphatic heterocycles. The molecule has 3 aromatic rings. The number of aromatic amines is 1. The molecule has 172 valence electrons. The number of aromatic nitrogens is 2. The minimum Gasteiger partial charge on any atom is -0.404 e. The second-order valence-corrected chi connectivity index (χ2v) is 6.47. The van der Waals surface area contributed by atoms with Crippen LogP contribution in [0.25, 0.3) is 10.8 Å². The molecule has 0 unspecified atom stereocenters. The van der Waals surface area contributed by atoms with Gasteiger partial charge in [0.05, 0.1) is 11.3 Å². The average Bonchev–Trinajstić information content (AvgIpc) is 2.73. The van der Waals surface area contributed by atoms with Crippen molar-refractivity contribution in [3.8, 4) is 0 Å². The summed E-state index contributed by atoms with van der Waals surface area (Å²) in [6, 6.07) is 6.60. The maximum absolute atomic E-state index is 13.8. The number of aliphatic imine (C=N–C) groups is 1. The highest BCUT2D eigenvalue weighted by atomic mass is 19.4. The van der Waals surface area contributed by atoms with E-state index in [1.54, 1.807) is 0 Å². The van der Waals surface area contributed by atoms with Gasteiger partial charge in [0.2, 0.25) is 0 Å². The highest BCUT2D eigenvalue weighted by molar-refractivity contribution is 6.27. The molecular formula is C20H13F6N5O2. The summed E-state index contributed by atoms with van der Waals surface area (Å²) in [6.07, 6.45) is -7.73. The zero-order valence-electron chi connectivity index (χ0n) is 16.3. The molecule has 1 amide bonds. The van der Waals surface area contributed by atoms with Crippen LogP contribution >= 0.6 is 0 Å². The molecule has 0 saturated carbocycles. The molecule has 0 radical (unpaired) electrons. The molecule has 33 heavy (non-hydrogen) atoms. The molecule has 7 nitrogen and oxygen atoms in total. The number of fused-ring (bicyclic) bond motifs is 1. The van der Waals surface area contributed by atoms with Crippen LogP contribution in [-0.4, -0.2) is 27.8 Å². The number of carbonyl (C=O) groups excluding carboxylic acids is 1. The zero-order chi connectivity index (χ0) is 24.4. The van der Waals surface area contributed by atoms with E-state index in [1.807, 2.05) is 5.32 Å². The Hall–Kier alpha value is -4.16. The van der Waals surface area contributed by atoms with Gasteiger partial charge in [-0.3, -0.25) is 14.6 Å². The van der Waals surface area contributed by atoms with Gasteiger partial charge in [-0.2, -0.15) is 26.3 Å². The molecule has 13 heteroatoms. The maximum atomic E-state index is 13.8. The van der Waals surface area contributed by atoms with E-state index in [9.17, 15) is 35.9 Å². The first-order valence-electron chi connectivity index (χ1n) is 8.95. The van der Waals surface area contributed by atoms with Crippen LogP contribution in [0.3, 0.4) is 0 Å². The van der Waals surface area contributed by atoms with E-state index in [2.05, 4.69) is 15.0 Å². The van der Waals surface area contributed by atoms with Crippen LogP contribution in [0.4, 0.5) is 37.7 Å². The van der Waals surface area contributed by atoms with Crippen LogP contribution in [0.2, 0.25) is 0 Å². The Kier molecular flexibility index (Phi) is 6.24. The number of amides is 1. The smallest absolute Gasteiger partial charge is 0.404 e. The standard InChI is InChI=1S/C20H13F6N5O2/c21-19(22,23)15-8-10(4-6-28-15)30-18(33)13(9-27)16(20(24,25)26)31-14-3-1-2-12-11(14)5-7-29-17(12)32/h1-9H,27H2,(H,29,32)(H,28,30,33). The molecule has 4 N–H and O–H groups in total. The number of halogens is 6. The summed E-state index contributed by atoms with van der Waals surface area (Å²) in [5.74, 6) is -1.45. The molecule has 0 fully saturated rings. The molecular weight excluding hydrogens is 456 g/mol. The fraction of sp³-hybridized carbons (Fsp3) is 0.100. The predicted molar refractivity (Wildman–Crippen MR) is 108 cm³/mol. The Morgan fingerprint density at radius 3 is 2.45 bits per heavy atom. The van der Waals surface area contributed by atoms with E-state index in [1.165, 1.54) is 30.5 Å². The lowest BCUT2D eigenvalue weighted by atomic mass is 10.1. The molecule has 1 aromatic carbocycles. The number of rotatable bonds is 4. The number of H-pyrrole nitrogens is 1. The third-order valence-corrected chi connectivity index (χ3v) is 4.27. The molecule has 0 saturated heterocycles. The summed E-state index contributed by atoms with van der Waals surface area (Å²) < 4.78 is 79.9. The Morgan fingerprint density at radius 2 is 1.82 bits per heavy atom. The van der Waals surface area contributed by atoms with E-state index in [4.69, 9.17) is 5.73 Å². The van der Waals surface area contributed by atoms with Crippen molar-refractivity contribution in [3.63, 3.8) is 0 Å². The highest BCUT2D eigenvalue weighted by Crippen LogP contribution is 2.31. The number of pyridine rings is 2. The first kappa shape index (κ1) is 23.5. The largest absolute Gasteiger partial charge is 0.434 e. The van der Waals surface area contributed by atoms with Gasteiger partial charge < -0.3 is 16.0 Å². The molecule has 0 spiro atoms. The monoisotopic (exact) mass is 469 g/mol. The molecule has 0 bridgehead atoms. The van der Waals surface area contributed by atoms with Crippen LogP contribution in [0.5, 0.6) is 0 Å². The number of alkyl halides is 6. The number of carbonyl (C=O) groups is 1. The van der Waals surface area contributed by atoms with E-state index in [-0.39, 0.29) is 16.5 Å². The highest BCUT2D eigenvalue weighted by Gasteiger charge is 2.41. The summed E-state index contributed by atoms with van der Waals surface area (Å²) in [4.78, 5) is 33.4. The van der Waals surface area contributed by atoms with Crippen molar-refractivity contribution in [1.29, 1.82) is 0 Å². The fourth-order valence-electron chi connectivity index (χ4n) is 2.82. The van der Waals surface area contributed by atoms with Gasteiger partial charge in [0.1, 0.15) is 5.69 Å². The van der Waals surface area contributed by atoms with Gasteiger partial charge in [-0.15, -0.1) is 0 Å². The average molecular weight is 469 g/mol. The van der Waals surface area contributed by atoms with Crippen molar-refractivity contribution in [3.05, 3.63) is 76.6 Å². The van der Waals surface area contributed by atoms with E-state index < -0.39 is 46.5 Å². The lowest BCUT2D eigenvalue weighted by molar-refractivity contribution is -0.141. The van der Waals surface area contributed by atoms with E-state index >= 15 is 0 Å². The van der Waals surface area contributed by atoms with Gasteiger partial charge in [-0.05, 0) is 30.3 Å². The summed E-state index contributed by atoms with van der Waals surface area (Å²) in [7, 11) is 0. The van der Waals surface area contributed by atoms with Crippen molar-refractivity contribution in [1.82, 2.24) is 9.97 Å². The summed E-state index contributed by atoms with van der Waals surface area (Å²) in [6.45, 7) is 0. The van der Waals surface area contributed by atoms with Crippen molar-refractivity contribution in [2.45, 2.75) is 12.4 Å². The summed E-state index contributed by atoms with van der Waals surface area (Å²) in [5, 5.41) is 2.05. The molecule has 0 aliphatic carbocycles. The molecule has 2 heterocycles. The number of nitrogens with one attached hydrogen (secondary N) is 2. The molecule has 0 aliphatic rings. The van der Waals surface area contributed by atoms with Gasteiger partial charge in [0.15, 0.2) is 5.71 Å². The number of anilines is 1. The van der Waals surface area contributed by atoms with E-state index in [0.717, 1.165) is 12.3 Å². The van der Waals surface area contributed by atoms with Gasteiger partial charge in [-0.1, -0.05) is 6.07 Å². The summed E-state index contributed by atoms with van der Waals surface area (Å²) in [5.41, 5.74) is -0.247. The van der Waals surface area contributed by atoms with Crippen LogP contribution in [0, 0.1) is 0 Å². The number of hydrogen-bond donors (Lipinski definition) is 3. The second kappa shape index (κ2) is 8.76. The molecule has 0 atom stereocenters. The SMILES string of the molecule is NC=C(C(=O)Nc1ccnc(C(F)(F)F)c1)C(=Nc1cccc2c(=O)[nH]ccc12)C(F)(F)F. The number of nitrogens with two attached hydrogens (primary N) is 1. The van der Waals surface area contributed by atoms with Crippen LogP contribution in [0.15, 0.2) is 70.4 Å². The van der Waals surface area contributed by atoms with E-state index in [0.29, 0.717) is 12.3 Å². The minimum absolute atomic E-state index is 0.0551. The lowest BCUT2D eigenvalue weighted by Gasteiger charge is -2.15. The van der Waals surface area contributed by atoms with Crippen molar-refractivity contribution < 1.29 is 31.1 Å². The zero-order valence-corrected chi connectivity index (χ0v) is 16.3. The lowest BCUT2D eigenvalue weighted by Crippen LogP contribution is -2.32. The second-order valence-electron chi connectivity index (χ2n) is 6.47. The molecule has 2 aromatic heterocycles. The normalized spacial score (nSPS) is 13.3. The van der Waals surface area contributed by atoms with Crippen molar-refractivity contribution in [2.75, 3.05) is 5.32 Å². The number of benzene rings is 1. The predicted octanol–water partition coefficient (Wildman–Crippen LogP) is 4.06. The van der Waals surface area contributed by atoms with Crippen LogP contribution in [-0.2, 0) is 11.0 Å². The number of hydrogen-bond acceptors (Lipinski definition) is 5. The Bertz CT molecular complexity index is 1320. The third kappa shape index (κ3) is 5.19. The van der Waals surface area contributed by atoms with Crippen LogP contribution in [0.1, 0.15) is 5.69 Å². The maximum Gasteiger partial charge on any atom is 0.434 e. The minimum atomic E-state index is -5.18. The Labute approximate surface area is 180 Å². The Balaban J connectivity index is 2.05. The fourth-order valence-corrected chi connectivity index (χ4v) is 2.82. The van der Waals surface area contributed by atoms with Gasteiger partial charge in [0, 0.05) is 35.1 Å². The van der Waals surface area contributed by atoms with Gasteiger partial charge in [0.25, 0.3) is 11.5 Å². The van der Waals surface area contributed by atoms with Crippen molar-refractivity contribution >= 4 is 33.8 Å². The first-order valence-corrected chi connectivity index (χ1v) is 8.95. The van der Waals surface area contributed by atoms with Crippen molar-refractivity contribution in [2.24, 2.45) is 10.7 Å². The molecule has 3 rings (SSSR count). The van der Waals surface area contributed by atoms with Gasteiger partial charge >= 0.3 is 12.4 Å². The topological polar surface area (TPSA) is 113 Å². The number of nitrogens with zero attached hydrogens (tertiary/aromatic N) is 2.